The van der Waals surface area contributed by atoms with E-state index in [1.54, 1.807) is 4.90 Å². The van der Waals surface area contributed by atoms with Crippen molar-refractivity contribution in [2.45, 2.75) is 33.2 Å². The van der Waals surface area contributed by atoms with Crippen molar-refractivity contribution in [3.05, 3.63) is 34.9 Å². The first-order chi connectivity index (χ1) is 8.54. The molecule has 0 saturated heterocycles. The number of aryl methyl sites for hydroxylation is 2. The first kappa shape index (κ1) is 12.6. The molecule has 0 spiro atoms. The number of rotatable bonds is 3. The van der Waals surface area contributed by atoms with Gasteiger partial charge in [-0.05, 0) is 31.4 Å². The zero-order valence-corrected chi connectivity index (χ0v) is 11.1. The third kappa shape index (κ3) is 2.10. The van der Waals surface area contributed by atoms with Gasteiger partial charge in [-0.1, -0.05) is 30.7 Å². The summed E-state index contributed by atoms with van der Waals surface area (Å²) in [6.45, 7) is 6.80. The lowest BCUT2D eigenvalue weighted by atomic mass is 9.97. The summed E-state index contributed by atoms with van der Waals surface area (Å²) in [6.07, 6.45) is 0.899. The van der Waals surface area contributed by atoms with Crippen LogP contribution in [0.15, 0.2) is 23.2 Å². The predicted octanol–water partition coefficient (Wildman–Crippen LogP) is 2.55. The largest absolute Gasteiger partial charge is 0.385 e. The molecule has 4 nitrogen and oxygen atoms in total. The SMILES string of the molecule is CCCN1C(=O)N=C(N)C1c1cc(C)ccc1C. The number of amidine groups is 1. The molecule has 18 heavy (non-hydrogen) atoms. The van der Waals surface area contributed by atoms with E-state index in [9.17, 15) is 4.79 Å². The van der Waals surface area contributed by atoms with Gasteiger partial charge < -0.3 is 10.6 Å². The number of hydrogen-bond donors (Lipinski definition) is 1. The molecule has 0 radical (unpaired) electrons. The summed E-state index contributed by atoms with van der Waals surface area (Å²) in [7, 11) is 0. The molecule has 1 aromatic rings. The van der Waals surface area contributed by atoms with Gasteiger partial charge in [0.05, 0.1) is 0 Å². The molecular formula is C14H19N3O. The van der Waals surface area contributed by atoms with E-state index < -0.39 is 0 Å². The van der Waals surface area contributed by atoms with E-state index in [-0.39, 0.29) is 12.1 Å². The van der Waals surface area contributed by atoms with Gasteiger partial charge in [-0.15, -0.1) is 0 Å². The predicted molar refractivity (Wildman–Crippen MR) is 72.7 cm³/mol. The van der Waals surface area contributed by atoms with E-state index in [0.717, 1.165) is 17.5 Å². The number of aliphatic imine (C=N–C) groups is 1. The van der Waals surface area contributed by atoms with Gasteiger partial charge in [0.2, 0.25) is 0 Å². The number of amides is 2. The molecular weight excluding hydrogens is 226 g/mol. The van der Waals surface area contributed by atoms with Gasteiger partial charge in [0.25, 0.3) is 0 Å². The van der Waals surface area contributed by atoms with Crippen LogP contribution in [-0.2, 0) is 0 Å². The number of hydrogen-bond acceptors (Lipinski definition) is 2. The number of nitrogens with two attached hydrogens (primary N) is 1. The second-order valence-electron chi connectivity index (χ2n) is 4.78. The highest BCUT2D eigenvalue weighted by molar-refractivity contribution is 6.03. The zero-order valence-electron chi connectivity index (χ0n) is 11.1. The van der Waals surface area contributed by atoms with Crippen molar-refractivity contribution in [3.63, 3.8) is 0 Å². The Hall–Kier alpha value is -1.84. The maximum Gasteiger partial charge on any atom is 0.346 e. The van der Waals surface area contributed by atoms with Crippen LogP contribution in [0.5, 0.6) is 0 Å². The van der Waals surface area contributed by atoms with Crippen molar-refractivity contribution in [2.24, 2.45) is 10.7 Å². The quantitative estimate of drug-likeness (QED) is 0.889. The van der Waals surface area contributed by atoms with Gasteiger partial charge >= 0.3 is 6.03 Å². The summed E-state index contributed by atoms with van der Waals surface area (Å²) in [5.74, 6) is 0.405. The van der Waals surface area contributed by atoms with Gasteiger partial charge in [-0.3, -0.25) is 0 Å². The Labute approximate surface area is 108 Å². The van der Waals surface area contributed by atoms with Gasteiger partial charge in [0, 0.05) is 6.54 Å². The van der Waals surface area contributed by atoms with Crippen molar-refractivity contribution < 1.29 is 4.79 Å². The summed E-state index contributed by atoms with van der Waals surface area (Å²) in [5, 5.41) is 0. The molecule has 0 saturated carbocycles. The van der Waals surface area contributed by atoms with Crippen molar-refractivity contribution in [3.8, 4) is 0 Å². The van der Waals surface area contributed by atoms with E-state index in [1.165, 1.54) is 5.56 Å². The third-order valence-electron chi connectivity index (χ3n) is 3.26. The lowest BCUT2D eigenvalue weighted by molar-refractivity contribution is 0.206. The standard InChI is InChI=1S/C14H19N3O/c1-4-7-17-12(13(15)16-14(17)18)11-8-9(2)5-6-10(11)3/h5-6,8,12H,4,7H2,1-3H3,(H2,15,16,18). The third-order valence-corrected chi connectivity index (χ3v) is 3.26. The van der Waals surface area contributed by atoms with E-state index >= 15 is 0 Å². The second kappa shape index (κ2) is 4.80. The van der Waals surface area contributed by atoms with E-state index in [0.29, 0.717) is 12.4 Å². The summed E-state index contributed by atoms with van der Waals surface area (Å²) < 4.78 is 0. The lowest BCUT2D eigenvalue weighted by Crippen LogP contribution is -2.34. The fraction of sp³-hybridized carbons (Fsp3) is 0.429. The van der Waals surface area contributed by atoms with Gasteiger partial charge in [0.15, 0.2) is 0 Å². The van der Waals surface area contributed by atoms with Crippen LogP contribution in [0.2, 0.25) is 0 Å². The minimum Gasteiger partial charge on any atom is -0.385 e. The fourth-order valence-electron chi connectivity index (χ4n) is 2.35. The molecule has 2 amide bonds. The molecule has 0 fully saturated rings. The minimum atomic E-state index is -0.222. The molecule has 4 heteroatoms. The second-order valence-corrected chi connectivity index (χ2v) is 4.78. The first-order valence-corrected chi connectivity index (χ1v) is 6.26. The van der Waals surface area contributed by atoms with Crippen LogP contribution in [0.4, 0.5) is 4.79 Å². The molecule has 1 aromatic carbocycles. The molecule has 1 aliphatic heterocycles. The molecule has 0 bridgehead atoms. The Bertz CT molecular complexity index is 508. The Morgan fingerprint density at radius 1 is 1.39 bits per heavy atom. The average Bonchev–Trinajstić information content (AvgIpc) is 2.58. The molecule has 1 unspecified atom stereocenters. The van der Waals surface area contributed by atoms with Gasteiger partial charge in [-0.2, -0.15) is 4.99 Å². The van der Waals surface area contributed by atoms with Crippen LogP contribution in [0, 0.1) is 13.8 Å². The van der Waals surface area contributed by atoms with E-state index in [4.69, 9.17) is 5.73 Å². The number of nitrogens with zero attached hydrogens (tertiary/aromatic N) is 2. The fourth-order valence-corrected chi connectivity index (χ4v) is 2.35. The smallest absolute Gasteiger partial charge is 0.346 e. The van der Waals surface area contributed by atoms with Crippen molar-refractivity contribution >= 4 is 11.9 Å². The molecule has 1 atom stereocenters. The first-order valence-electron chi connectivity index (χ1n) is 6.26. The summed E-state index contributed by atoms with van der Waals surface area (Å²) in [6, 6.07) is 5.79. The minimum absolute atomic E-state index is 0.197. The summed E-state index contributed by atoms with van der Waals surface area (Å²) in [5.41, 5.74) is 9.31. The molecule has 2 rings (SSSR count). The molecule has 0 aromatic heterocycles. The monoisotopic (exact) mass is 245 g/mol. The Balaban J connectivity index is 2.44. The number of carbonyl (C=O) groups is 1. The molecule has 1 aliphatic rings. The van der Waals surface area contributed by atoms with Crippen molar-refractivity contribution in [1.29, 1.82) is 0 Å². The van der Waals surface area contributed by atoms with Crippen LogP contribution in [0.3, 0.4) is 0 Å². The van der Waals surface area contributed by atoms with Crippen LogP contribution in [0.1, 0.15) is 36.1 Å². The number of benzene rings is 1. The highest BCUT2D eigenvalue weighted by Crippen LogP contribution is 2.29. The van der Waals surface area contributed by atoms with Gasteiger partial charge in [-0.25, -0.2) is 4.79 Å². The molecule has 0 aliphatic carbocycles. The normalized spacial score (nSPS) is 19.3. The maximum absolute atomic E-state index is 11.8. The summed E-state index contributed by atoms with van der Waals surface area (Å²) in [4.78, 5) is 17.5. The highest BCUT2D eigenvalue weighted by atomic mass is 16.2. The highest BCUT2D eigenvalue weighted by Gasteiger charge is 2.34. The van der Waals surface area contributed by atoms with Crippen LogP contribution in [-0.4, -0.2) is 23.3 Å². The maximum atomic E-state index is 11.8. The van der Waals surface area contributed by atoms with E-state index in [2.05, 4.69) is 23.2 Å². The van der Waals surface area contributed by atoms with Gasteiger partial charge in [0.1, 0.15) is 11.9 Å². The zero-order chi connectivity index (χ0) is 13.3. The average molecular weight is 245 g/mol. The molecule has 1 heterocycles. The summed E-state index contributed by atoms with van der Waals surface area (Å²) >= 11 is 0. The van der Waals surface area contributed by atoms with Crippen LogP contribution < -0.4 is 5.73 Å². The topological polar surface area (TPSA) is 58.7 Å². The molecule has 96 valence electrons. The van der Waals surface area contributed by atoms with Crippen LogP contribution in [0.25, 0.3) is 0 Å². The molecule has 2 N–H and O–H groups in total. The van der Waals surface area contributed by atoms with Crippen LogP contribution >= 0.6 is 0 Å². The van der Waals surface area contributed by atoms with Crippen molar-refractivity contribution in [1.82, 2.24) is 4.90 Å². The Morgan fingerprint density at radius 3 is 2.78 bits per heavy atom. The Kier molecular flexibility index (Phi) is 3.36. The Morgan fingerprint density at radius 2 is 2.11 bits per heavy atom. The van der Waals surface area contributed by atoms with Crippen molar-refractivity contribution in [2.75, 3.05) is 6.54 Å². The van der Waals surface area contributed by atoms with E-state index in [1.807, 2.05) is 20.8 Å². The number of urea groups is 1. The lowest BCUT2D eigenvalue weighted by Gasteiger charge is -2.25. The number of carbonyl (C=O) groups excluding carboxylic acids is 1.